The zero-order valence-electron chi connectivity index (χ0n) is 14.9. The average Bonchev–Trinajstić information content (AvgIpc) is 2.49. The summed E-state index contributed by atoms with van der Waals surface area (Å²) in [5.41, 5.74) is 2.99. The third-order valence-electron chi connectivity index (χ3n) is 3.84. The fourth-order valence-corrected chi connectivity index (χ4v) is 2.00. The van der Waals surface area contributed by atoms with Gasteiger partial charge in [-0.3, -0.25) is 9.69 Å². The van der Waals surface area contributed by atoms with Gasteiger partial charge in [0, 0.05) is 32.9 Å². The lowest BCUT2D eigenvalue weighted by Crippen LogP contribution is -2.44. The van der Waals surface area contributed by atoms with Crippen molar-refractivity contribution < 1.29 is 9.59 Å². The molecule has 0 aliphatic heterocycles. The maximum Gasteiger partial charge on any atom is 0.316 e. The molecule has 23 heavy (non-hydrogen) atoms. The van der Waals surface area contributed by atoms with Gasteiger partial charge in [0.2, 0.25) is 5.91 Å². The molecule has 0 saturated heterocycles. The average molecular weight is 320 g/mol. The van der Waals surface area contributed by atoms with Crippen LogP contribution in [0.1, 0.15) is 18.1 Å². The number of nitrogens with one attached hydrogen (secondary N) is 2. The minimum absolute atomic E-state index is 0.0554. The highest BCUT2D eigenvalue weighted by atomic mass is 16.2. The van der Waals surface area contributed by atoms with Crippen molar-refractivity contribution in [3.63, 3.8) is 0 Å². The number of likely N-dealkylation sites (N-methyl/N-ethyl adjacent to an activating group) is 1. The molecule has 1 atom stereocenters. The highest BCUT2D eigenvalue weighted by Gasteiger charge is 2.18. The molecule has 1 aromatic rings. The van der Waals surface area contributed by atoms with Crippen LogP contribution in [-0.2, 0) is 4.79 Å². The maximum absolute atomic E-state index is 12.4. The van der Waals surface area contributed by atoms with Crippen molar-refractivity contribution in [3.05, 3.63) is 29.3 Å². The molecule has 0 aliphatic carbocycles. The number of nitrogens with zero attached hydrogens (tertiary/aromatic N) is 2. The van der Waals surface area contributed by atoms with Crippen LogP contribution in [0.2, 0.25) is 0 Å². The zero-order chi connectivity index (χ0) is 17.6. The lowest BCUT2D eigenvalue weighted by atomic mass is 10.1. The predicted molar refractivity (Wildman–Crippen MR) is 93.7 cm³/mol. The maximum atomic E-state index is 12.4. The first-order valence-electron chi connectivity index (χ1n) is 7.76. The summed E-state index contributed by atoms with van der Waals surface area (Å²) in [6, 6.07) is 5.57. The van der Waals surface area contributed by atoms with Gasteiger partial charge in [-0.15, -0.1) is 0 Å². The predicted octanol–water partition coefficient (Wildman–Crippen LogP) is 1.83. The van der Waals surface area contributed by atoms with Gasteiger partial charge < -0.3 is 15.5 Å². The Balaban J connectivity index is 2.52. The Labute approximate surface area is 138 Å². The summed E-state index contributed by atoms with van der Waals surface area (Å²) in [6.07, 6.45) is 0. The van der Waals surface area contributed by atoms with Gasteiger partial charge in [-0.05, 0) is 45.0 Å². The van der Waals surface area contributed by atoms with Gasteiger partial charge >= 0.3 is 6.03 Å². The van der Waals surface area contributed by atoms with E-state index in [1.807, 2.05) is 50.9 Å². The van der Waals surface area contributed by atoms with Crippen molar-refractivity contribution in [2.24, 2.45) is 0 Å². The van der Waals surface area contributed by atoms with Gasteiger partial charge in [0.15, 0.2) is 0 Å². The van der Waals surface area contributed by atoms with E-state index in [4.69, 9.17) is 0 Å². The SMILES string of the molecule is Cc1ccc(C)c(NC(=O)C(C)N(C)CCNC(=O)N(C)C)c1. The molecule has 128 valence electrons. The minimum Gasteiger partial charge on any atom is -0.337 e. The van der Waals surface area contributed by atoms with Crippen molar-refractivity contribution in [1.82, 2.24) is 15.1 Å². The summed E-state index contributed by atoms with van der Waals surface area (Å²) in [6.45, 7) is 6.92. The number of urea groups is 1. The van der Waals surface area contributed by atoms with Crippen molar-refractivity contribution in [2.75, 3.05) is 39.5 Å². The second kappa shape index (κ2) is 8.53. The summed E-state index contributed by atoms with van der Waals surface area (Å²) < 4.78 is 0. The molecule has 1 aromatic carbocycles. The number of benzene rings is 1. The topological polar surface area (TPSA) is 64.7 Å². The summed E-state index contributed by atoms with van der Waals surface area (Å²) in [4.78, 5) is 27.2. The monoisotopic (exact) mass is 320 g/mol. The normalized spacial score (nSPS) is 12.0. The van der Waals surface area contributed by atoms with Gasteiger partial charge in [0.05, 0.1) is 6.04 Å². The lowest BCUT2D eigenvalue weighted by molar-refractivity contribution is -0.120. The molecule has 6 heteroatoms. The molecule has 0 aliphatic rings. The molecule has 6 nitrogen and oxygen atoms in total. The Morgan fingerprint density at radius 1 is 1.17 bits per heavy atom. The molecular weight excluding hydrogens is 292 g/mol. The van der Waals surface area contributed by atoms with E-state index >= 15 is 0 Å². The number of carbonyl (C=O) groups is 2. The number of aryl methyl sites for hydroxylation is 2. The van der Waals surface area contributed by atoms with Gasteiger partial charge in [-0.2, -0.15) is 0 Å². The quantitative estimate of drug-likeness (QED) is 0.840. The molecule has 0 bridgehead atoms. The number of rotatable bonds is 6. The Kier molecular flexibility index (Phi) is 7.03. The van der Waals surface area contributed by atoms with Crippen LogP contribution in [0.3, 0.4) is 0 Å². The molecule has 0 spiro atoms. The molecule has 2 N–H and O–H groups in total. The van der Waals surface area contributed by atoms with Crippen LogP contribution >= 0.6 is 0 Å². The van der Waals surface area contributed by atoms with E-state index in [-0.39, 0.29) is 18.0 Å². The van der Waals surface area contributed by atoms with E-state index in [0.29, 0.717) is 13.1 Å². The zero-order valence-corrected chi connectivity index (χ0v) is 14.9. The molecule has 1 unspecified atom stereocenters. The Bertz CT molecular complexity index is 558. The highest BCUT2D eigenvalue weighted by molar-refractivity contribution is 5.95. The Morgan fingerprint density at radius 3 is 2.43 bits per heavy atom. The molecule has 3 amide bonds. The Morgan fingerprint density at radius 2 is 1.83 bits per heavy atom. The molecular formula is C17H28N4O2. The highest BCUT2D eigenvalue weighted by Crippen LogP contribution is 2.16. The van der Waals surface area contributed by atoms with Crippen molar-refractivity contribution >= 4 is 17.6 Å². The Hall–Kier alpha value is -2.08. The van der Waals surface area contributed by atoms with E-state index in [2.05, 4.69) is 10.6 Å². The van der Waals surface area contributed by atoms with Crippen LogP contribution in [0.25, 0.3) is 0 Å². The van der Waals surface area contributed by atoms with E-state index in [0.717, 1.165) is 16.8 Å². The number of hydrogen-bond acceptors (Lipinski definition) is 3. The smallest absolute Gasteiger partial charge is 0.316 e. The van der Waals surface area contributed by atoms with Crippen LogP contribution in [0.15, 0.2) is 18.2 Å². The van der Waals surface area contributed by atoms with E-state index in [9.17, 15) is 9.59 Å². The van der Waals surface area contributed by atoms with Crippen molar-refractivity contribution in [2.45, 2.75) is 26.8 Å². The van der Waals surface area contributed by atoms with Crippen LogP contribution in [-0.4, -0.2) is 62.0 Å². The number of anilines is 1. The minimum atomic E-state index is -0.286. The summed E-state index contributed by atoms with van der Waals surface area (Å²) >= 11 is 0. The third kappa shape index (κ3) is 5.90. The second-order valence-corrected chi connectivity index (χ2v) is 6.09. The van der Waals surface area contributed by atoms with Gasteiger partial charge in [0.1, 0.15) is 0 Å². The molecule has 0 saturated carbocycles. The first-order valence-corrected chi connectivity index (χ1v) is 7.76. The fraction of sp³-hybridized carbons (Fsp3) is 0.529. The van der Waals surface area contributed by atoms with E-state index < -0.39 is 0 Å². The first-order chi connectivity index (χ1) is 10.7. The summed E-state index contributed by atoms with van der Waals surface area (Å²) in [5.74, 6) is -0.0554. The van der Waals surface area contributed by atoms with Crippen LogP contribution in [0.5, 0.6) is 0 Å². The lowest BCUT2D eigenvalue weighted by Gasteiger charge is -2.24. The second-order valence-electron chi connectivity index (χ2n) is 6.09. The van der Waals surface area contributed by atoms with Crippen molar-refractivity contribution in [3.8, 4) is 0 Å². The largest absolute Gasteiger partial charge is 0.337 e. The van der Waals surface area contributed by atoms with Crippen LogP contribution in [0, 0.1) is 13.8 Å². The fourth-order valence-electron chi connectivity index (χ4n) is 2.00. The van der Waals surface area contributed by atoms with Crippen LogP contribution in [0.4, 0.5) is 10.5 Å². The van der Waals surface area contributed by atoms with Crippen LogP contribution < -0.4 is 10.6 Å². The first kappa shape index (κ1) is 19.0. The number of hydrogen-bond donors (Lipinski definition) is 2. The standard InChI is InChI=1S/C17H28N4O2/c1-12-7-8-13(2)15(11-12)19-16(22)14(3)21(6)10-9-18-17(23)20(4)5/h7-8,11,14H,9-10H2,1-6H3,(H,18,23)(H,19,22). The third-order valence-corrected chi connectivity index (χ3v) is 3.84. The summed E-state index contributed by atoms with van der Waals surface area (Å²) in [5, 5.41) is 5.76. The van der Waals surface area contributed by atoms with Gasteiger partial charge in [0.25, 0.3) is 0 Å². The molecule has 0 aromatic heterocycles. The van der Waals surface area contributed by atoms with Crippen molar-refractivity contribution in [1.29, 1.82) is 0 Å². The molecule has 0 heterocycles. The number of amides is 3. The molecule has 0 radical (unpaired) electrons. The molecule has 0 fully saturated rings. The van der Waals surface area contributed by atoms with Gasteiger partial charge in [-0.1, -0.05) is 12.1 Å². The van der Waals surface area contributed by atoms with E-state index in [1.54, 1.807) is 14.1 Å². The molecule has 1 rings (SSSR count). The van der Waals surface area contributed by atoms with Gasteiger partial charge in [-0.25, -0.2) is 4.79 Å². The van der Waals surface area contributed by atoms with E-state index in [1.165, 1.54) is 4.90 Å². The number of carbonyl (C=O) groups excluding carboxylic acids is 2. The summed E-state index contributed by atoms with van der Waals surface area (Å²) in [7, 11) is 5.26.